The third-order valence-corrected chi connectivity index (χ3v) is 6.44. The van der Waals surface area contributed by atoms with Crippen molar-refractivity contribution >= 4 is 23.1 Å². The second-order valence-electron chi connectivity index (χ2n) is 4.62. The molecule has 0 aliphatic carbocycles. The maximum Gasteiger partial charge on any atom is 0.171 e. The second-order valence-corrected chi connectivity index (χ2v) is 7.38. The number of hydrogen-bond acceptors (Lipinski definition) is 1. The molecule has 3 aromatic rings. The molecule has 0 saturated heterocycles. The van der Waals surface area contributed by atoms with Crippen molar-refractivity contribution in [1.82, 2.24) is 0 Å². The number of hydrogen-bond donors (Lipinski definition) is 0. The van der Waals surface area contributed by atoms with E-state index in [2.05, 4.69) is 0 Å². The predicted molar refractivity (Wildman–Crippen MR) is 92.6 cm³/mol. The zero-order valence-electron chi connectivity index (χ0n) is 11.0. The third-order valence-electron chi connectivity index (χ3n) is 3.36. The van der Waals surface area contributed by atoms with E-state index in [1.165, 1.54) is 0 Å². The predicted octanol–water partition coefficient (Wildman–Crippen LogP) is 3.96. The number of rotatable bonds is 3. The SMILES string of the molecule is C.O=P(c1ccccc1)(c1ccccc1)c1ccccc1. The molecule has 1 nitrogen and oxygen atoms in total. The van der Waals surface area contributed by atoms with Crippen LogP contribution in [0.1, 0.15) is 7.43 Å². The van der Waals surface area contributed by atoms with Crippen LogP contribution in [0.15, 0.2) is 91.0 Å². The van der Waals surface area contributed by atoms with Crippen molar-refractivity contribution in [3.8, 4) is 0 Å². The molecule has 0 amide bonds. The molecule has 21 heavy (non-hydrogen) atoms. The van der Waals surface area contributed by atoms with Crippen LogP contribution < -0.4 is 15.9 Å². The third kappa shape index (κ3) is 2.84. The molecule has 0 heterocycles. The minimum atomic E-state index is -2.78. The quantitative estimate of drug-likeness (QED) is 0.668. The summed E-state index contributed by atoms with van der Waals surface area (Å²) in [5.74, 6) is 0. The Hall–Kier alpha value is -2.11. The van der Waals surface area contributed by atoms with Gasteiger partial charge in [-0.05, 0) is 0 Å². The van der Waals surface area contributed by atoms with Crippen molar-refractivity contribution in [1.29, 1.82) is 0 Å². The fourth-order valence-electron chi connectivity index (χ4n) is 2.36. The lowest BCUT2D eigenvalue weighted by atomic mass is 10.4. The lowest BCUT2D eigenvalue weighted by molar-refractivity contribution is 0.592. The Balaban J connectivity index is 0.00000161. The molecule has 0 spiro atoms. The molecule has 0 aliphatic rings. The zero-order valence-corrected chi connectivity index (χ0v) is 11.9. The summed E-state index contributed by atoms with van der Waals surface area (Å²) in [7, 11) is -2.78. The normalized spacial score (nSPS) is 10.7. The van der Waals surface area contributed by atoms with Gasteiger partial charge in [-0.2, -0.15) is 0 Å². The Morgan fingerprint density at radius 2 is 0.714 bits per heavy atom. The highest BCUT2D eigenvalue weighted by atomic mass is 31.2. The monoisotopic (exact) mass is 294 g/mol. The summed E-state index contributed by atoms with van der Waals surface area (Å²) >= 11 is 0. The van der Waals surface area contributed by atoms with Crippen molar-refractivity contribution in [2.75, 3.05) is 0 Å². The summed E-state index contributed by atoms with van der Waals surface area (Å²) in [4.78, 5) is 0. The molecule has 3 rings (SSSR count). The summed E-state index contributed by atoms with van der Waals surface area (Å²) in [6, 6.07) is 29.1. The highest BCUT2D eigenvalue weighted by Gasteiger charge is 2.28. The fourth-order valence-corrected chi connectivity index (χ4v) is 5.03. The molecule has 0 fully saturated rings. The van der Waals surface area contributed by atoms with E-state index in [1.54, 1.807) is 0 Å². The molecular formula is C19H19OP. The maximum absolute atomic E-state index is 13.8. The van der Waals surface area contributed by atoms with Crippen LogP contribution in [0, 0.1) is 0 Å². The van der Waals surface area contributed by atoms with Gasteiger partial charge in [0, 0.05) is 15.9 Å². The Bertz CT molecular complexity index is 618. The highest BCUT2D eigenvalue weighted by molar-refractivity contribution is 7.85. The smallest absolute Gasteiger partial charge is 0.171 e. The van der Waals surface area contributed by atoms with E-state index >= 15 is 0 Å². The van der Waals surface area contributed by atoms with Gasteiger partial charge in [0.2, 0.25) is 0 Å². The van der Waals surface area contributed by atoms with E-state index in [4.69, 9.17) is 0 Å². The van der Waals surface area contributed by atoms with Gasteiger partial charge >= 0.3 is 0 Å². The Morgan fingerprint density at radius 3 is 0.952 bits per heavy atom. The number of benzene rings is 3. The standard InChI is InChI=1S/C18H15OP.CH4/c19-20(16-10-4-1-5-11-16,17-12-6-2-7-13-17)18-14-8-3-9-15-18;/h1-15H;1H4. The van der Waals surface area contributed by atoms with Gasteiger partial charge in [0.1, 0.15) is 0 Å². The van der Waals surface area contributed by atoms with Crippen molar-refractivity contribution in [3.63, 3.8) is 0 Å². The lowest BCUT2D eigenvalue weighted by Crippen LogP contribution is -2.24. The first-order chi connectivity index (χ1) is 9.82. The molecule has 0 radical (unpaired) electrons. The van der Waals surface area contributed by atoms with E-state index in [-0.39, 0.29) is 7.43 Å². The molecule has 0 N–H and O–H groups in total. The van der Waals surface area contributed by atoms with Gasteiger partial charge in [-0.25, -0.2) is 0 Å². The van der Waals surface area contributed by atoms with E-state index in [0.717, 1.165) is 15.9 Å². The second kappa shape index (κ2) is 6.56. The van der Waals surface area contributed by atoms with E-state index in [0.29, 0.717) is 0 Å². The van der Waals surface area contributed by atoms with Gasteiger partial charge in [0.15, 0.2) is 7.14 Å². The van der Waals surface area contributed by atoms with Crippen molar-refractivity contribution in [2.45, 2.75) is 7.43 Å². The van der Waals surface area contributed by atoms with Crippen molar-refractivity contribution in [3.05, 3.63) is 91.0 Å². The van der Waals surface area contributed by atoms with E-state index in [1.807, 2.05) is 91.0 Å². The summed E-state index contributed by atoms with van der Waals surface area (Å²) in [5.41, 5.74) is 0. The molecule has 106 valence electrons. The first-order valence-corrected chi connectivity index (χ1v) is 8.29. The van der Waals surface area contributed by atoms with Crippen LogP contribution in [-0.2, 0) is 4.57 Å². The summed E-state index contributed by atoms with van der Waals surface area (Å²) in [6.07, 6.45) is 0. The van der Waals surface area contributed by atoms with Crippen LogP contribution in [0.3, 0.4) is 0 Å². The minimum Gasteiger partial charge on any atom is -0.309 e. The van der Waals surface area contributed by atoms with Crippen LogP contribution >= 0.6 is 7.14 Å². The van der Waals surface area contributed by atoms with E-state index in [9.17, 15) is 4.57 Å². The molecule has 2 heteroatoms. The topological polar surface area (TPSA) is 17.1 Å². The first kappa shape index (κ1) is 15.3. The van der Waals surface area contributed by atoms with Gasteiger partial charge in [0.25, 0.3) is 0 Å². The van der Waals surface area contributed by atoms with Gasteiger partial charge in [0.05, 0.1) is 0 Å². The van der Waals surface area contributed by atoms with Crippen LogP contribution in [0.2, 0.25) is 0 Å². The van der Waals surface area contributed by atoms with Gasteiger partial charge in [-0.3, -0.25) is 0 Å². The molecule has 0 aromatic heterocycles. The van der Waals surface area contributed by atoms with Gasteiger partial charge in [-0.1, -0.05) is 98.4 Å². The first-order valence-electron chi connectivity index (χ1n) is 6.59. The maximum atomic E-state index is 13.8. The summed E-state index contributed by atoms with van der Waals surface area (Å²) < 4.78 is 13.8. The highest BCUT2D eigenvalue weighted by Crippen LogP contribution is 2.41. The molecule has 0 saturated carbocycles. The average molecular weight is 294 g/mol. The van der Waals surface area contributed by atoms with Crippen LogP contribution in [-0.4, -0.2) is 0 Å². The Labute approximate surface area is 126 Å². The van der Waals surface area contributed by atoms with Crippen molar-refractivity contribution < 1.29 is 4.57 Å². The Morgan fingerprint density at radius 1 is 0.476 bits per heavy atom. The average Bonchev–Trinajstić information content (AvgIpc) is 2.56. The molecule has 3 aromatic carbocycles. The molecule has 0 aliphatic heterocycles. The zero-order chi connectivity index (χ0) is 13.8. The molecule has 0 atom stereocenters. The molecule has 0 unspecified atom stereocenters. The fraction of sp³-hybridized carbons (Fsp3) is 0.0526. The molecular weight excluding hydrogens is 275 g/mol. The Kier molecular flexibility index (Phi) is 4.77. The summed E-state index contributed by atoms with van der Waals surface area (Å²) in [6.45, 7) is 0. The van der Waals surface area contributed by atoms with Crippen LogP contribution in [0.25, 0.3) is 0 Å². The summed E-state index contributed by atoms with van der Waals surface area (Å²) in [5, 5.41) is 2.62. The lowest BCUT2D eigenvalue weighted by Gasteiger charge is -2.19. The minimum absolute atomic E-state index is 0. The van der Waals surface area contributed by atoms with Crippen molar-refractivity contribution in [2.24, 2.45) is 0 Å². The van der Waals surface area contributed by atoms with Gasteiger partial charge < -0.3 is 4.57 Å². The van der Waals surface area contributed by atoms with Gasteiger partial charge in [-0.15, -0.1) is 0 Å². The van der Waals surface area contributed by atoms with Crippen LogP contribution in [0.5, 0.6) is 0 Å². The van der Waals surface area contributed by atoms with E-state index < -0.39 is 7.14 Å². The molecule has 0 bridgehead atoms. The van der Waals surface area contributed by atoms with Crippen LogP contribution in [0.4, 0.5) is 0 Å². The largest absolute Gasteiger partial charge is 0.309 e.